The summed E-state index contributed by atoms with van der Waals surface area (Å²) in [6.45, 7) is 5.71. The second-order valence-electron chi connectivity index (χ2n) is 7.84. The van der Waals surface area contributed by atoms with Crippen LogP contribution in [0, 0.1) is 0 Å². The van der Waals surface area contributed by atoms with Gasteiger partial charge >= 0.3 is 6.18 Å². The Labute approximate surface area is 185 Å². The van der Waals surface area contributed by atoms with Gasteiger partial charge in [0.1, 0.15) is 12.4 Å². The number of carbonyl (C=O) groups is 1. The molecule has 2 aromatic carbocycles. The Bertz CT molecular complexity index is 1000. The fourth-order valence-electron chi connectivity index (χ4n) is 3.92. The number of ether oxygens (including phenoxy) is 1. The molecule has 32 heavy (non-hydrogen) atoms. The zero-order valence-corrected chi connectivity index (χ0v) is 17.5. The van der Waals surface area contributed by atoms with E-state index in [1.54, 1.807) is 18.2 Å². The maximum absolute atomic E-state index is 12.8. The quantitative estimate of drug-likeness (QED) is 0.611. The van der Waals surface area contributed by atoms with Gasteiger partial charge in [-0.3, -0.25) is 4.79 Å². The van der Waals surface area contributed by atoms with E-state index in [4.69, 9.17) is 4.74 Å². The number of anilines is 1. The summed E-state index contributed by atoms with van der Waals surface area (Å²) < 4.78 is 44.2. The summed E-state index contributed by atoms with van der Waals surface area (Å²) in [5.41, 5.74) is 0.758. The van der Waals surface area contributed by atoms with Gasteiger partial charge < -0.3 is 19.4 Å². The van der Waals surface area contributed by atoms with E-state index < -0.39 is 11.7 Å². The molecule has 0 aromatic heterocycles. The molecule has 2 aromatic rings. The number of nitrogens with zero attached hydrogens (tertiary/aromatic N) is 3. The van der Waals surface area contributed by atoms with Gasteiger partial charge in [-0.05, 0) is 54.5 Å². The van der Waals surface area contributed by atoms with Crippen LogP contribution in [0.15, 0.2) is 73.6 Å². The molecule has 1 saturated heterocycles. The molecule has 0 saturated carbocycles. The number of hydrogen-bond donors (Lipinski definition) is 0. The van der Waals surface area contributed by atoms with Gasteiger partial charge in [0.25, 0.3) is 0 Å². The highest BCUT2D eigenvalue weighted by Crippen LogP contribution is 2.30. The molecule has 0 spiro atoms. The predicted molar refractivity (Wildman–Crippen MR) is 116 cm³/mol. The number of amides is 1. The van der Waals surface area contributed by atoms with E-state index in [9.17, 15) is 18.0 Å². The van der Waals surface area contributed by atoms with E-state index in [2.05, 4.69) is 16.4 Å². The molecular formula is C24H24F3N3O2. The molecule has 0 N–H and O–H groups in total. The van der Waals surface area contributed by atoms with Crippen LogP contribution >= 0.6 is 0 Å². The predicted octanol–water partition coefficient (Wildman–Crippen LogP) is 4.62. The molecule has 2 aliphatic heterocycles. The van der Waals surface area contributed by atoms with Crippen molar-refractivity contribution in [2.45, 2.75) is 25.2 Å². The molecule has 0 aliphatic carbocycles. The standard InChI is InChI=1S/C24H24F3N3O2/c1-2-23(31)28-11-10-21(15-28)30-13-12-29(17-30)20-6-8-22(9-7-20)32-16-18-4-3-5-19(14-18)24(25,26)27/h2-9,12-14,21H,1,10-11,15-17H2/t21-/m1/s1. The zero-order valence-electron chi connectivity index (χ0n) is 17.5. The lowest BCUT2D eigenvalue weighted by atomic mass is 10.1. The maximum Gasteiger partial charge on any atom is 0.416 e. The Morgan fingerprint density at radius 1 is 1.16 bits per heavy atom. The van der Waals surface area contributed by atoms with Crippen molar-refractivity contribution >= 4 is 11.6 Å². The summed E-state index contributed by atoms with van der Waals surface area (Å²) in [6, 6.07) is 12.9. The average molecular weight is 443 g/mol. The van der Waals surface area contributed by atoms with Gasteiger partial charge in [0.05, 0.1) is 12.2 Å². The van der Waals surface area contributed by atoms with Crippen molar-refractivity contribution in [3.8, 4) is 5.75 Å². The molecule has 0 radical (unpaired) electrons. The second-order valence-corrected chi connectivity index (χ2v) is 7.84. The van der Waals surface area contributed by atoms with Crippen molar-refractivity contribution in [3.63, 3.8) is 0 Å². The van der Waals surface area contributed by atoms with E-state index in [1.165, 1.54) is 12.1 Å². The molecule has 2 heterocycles. The van der Waals surface area contributed by atoms with Gasteiger partial charge in [-0.25, -0.2) is 0 Å². The molecule has 2 aliphatic rings. The number of carbonyl (C=O) groups excluding carboxylic acids is 1. The first-order chi connectivity index (χ1) is 15.3. The third-order valence-electron chi connectivity index (χ3n) is 5.70. The molecule has 168 valence electrons. The molecule has 1 amide bonds. The van der Waals surface area contributed by atoms with Gasteiger partial charge in [-0.15, -0.1) is 0 Å². The minimum Gasteiger partial charge on any atom is -0.489 e. The molecule has 1 atom stereocenters. The number of halogens is 3. The molecular weight excluding hydrogens is 419 g/mol. The Kier molecular flexibility index (Phi) is 6.12. The van der Waals surface area contributed by atoms with E-state index in [0.29, 0.717) is 24.5 Å². The Morgan fingerprint density at radius 2 is 1.94 bits per heavy atom. The Hall–Kier alpha value is -3.42. The third-order valence-corrected chi connectivity index (χ3v) is 5.70. The fraction of sp³-hybridized carbons (Fsp3) is 0.292. The van der Waals surface area contributed by atoms with Crippen LogP contribution in [0.3, 0.4) is 0 Å². The maximum atomic E-state index is 12.8. The van der Waals surface area contributed by atoms with Gasteiger partial charge in [0.2, 0.25) is 5.91 Å². The fourth-order valence-corrected chi connectivity index (χ4v) is 3.92. The number of hydrogen-bond acceptors (Lipinski definition) is 4. The SMILES string of the molecule is C=CC(=O)N1CC[C@@H](N2C=CN(c3ccc(OCc4cccc(C(F)(F)F)c4)cc3)C2)C1. The molecule has 0 bridgehead atoms. The Morgan fingerprint density at radius 3 is 2.66 bits per heavy atom. The van der Waals surface area contributed by atoms with Gasteiger partial charge in [-0.1, -0.05) is 18.7 Å². The number of rotatable bonds is 6. The third kappa shape index (κ3) is 4.90. The minimum atomic E-state index is -4.37. The summed E-state index contributed by atoms with van der Waals surface area (Å²) in [4.78, 5) is 17.9. The van der Waals surface area contributed by atoms with Crippen LogP contribution in [0.5, 0.6) is 5.75 Å². The number of benzene rings is 2. The largest absolute Gasteiger partial charge is 0.489 e. The van der Waals surface area contributed by atoms with Crippen molar-refractivity contribution in [1.82, 2.24) is 9.80 Å². The van der Waals surface area contributed by atoms with E-state index in [0.717, 1.165) is 30.8 Å². The molecule has 8 heteroatoms. The highest BCUT2D eigenvalue weighted by molar-refractivity contribution is 5.87. The Balaban J connectivity index is 1.31. The van der Waals surface area contributed by atoms with Crippen LogP contribution in [0.25, 0.3) is 0 Å². The smallest absolute Gasteiger partial charge is 0.416 e. The van der Waals surface area contributed by atoms with Crippen LogP contribution in [-0.2, 0) is 17.6 Å². The summed E-state index contributed by atoms with van der Waals surface area (Å²) >= 11 is 0. The highest BCUT2D eigenvalue weighted by Gasteiger charge is 2.31. The first-order valence-electron chi connectivity index (χ1n) is 10.3. The molecule has 5 nitrogen and oxygen atoms in total. The lowest BCUT2D eigenvalue weighted by Gasteiger charge is -2.26. The van der Waals surface area contributed by atoms with Crippen molar-refractivity contribution in [1.29, 1.82) is 0 Å². The van der Waals surface area contributed by atoms with Crippen LogP contribution in [0.2, 0.25) is 0 Å². The van der Waals surface area contributed by atoms with Crippen LogP contribution in [0.1, 0.15) is 17.5 Å². The normalized spacial score (nSPS) is 18.3. The van der Waals surface area contributed by atoms with Crippen LogP contribution in [-0.4, -0.2) is 41.5 Å². The van der Waals surface area contributed by atoms with E-state index in [-0.39, 0.29) is 18.6 Å². The first-order valence-corrected chi connectivity index (χ1v) is 10.3. The minimum absolute atomic E-state index is 0.0340. The van der Waals surface area contributed by atoms with Gasteiger partial charge in [0, 0.05) is 37.2 Å². The van der Waals surface area contributed by atoms with Crippen molar-refractivity contribution in [3.05, 3.63) is 84.7 Å². The summed E-state index contributed by atoms with van der Waals surface area (Å²) in [7, 11) is 0. The molecule has 0 unspecified atom stereocenters. The number of alkyl halides is 3. The van der Waals surface area contributed by atoms with Crippen molar-refractivity contribution in [2.75, 3.05) is 24.7 Å². The van der Waals surface area contributed by atoms with E-state index >= 15 is 0 Å². The highest BCUT2D eigenvalue weighted by atomic mass is 19.4. The molecule has 4 rings (SSSR count). The lowest BCUT2D eigenvalue weighted by Crippen LogP contribution is -2.37. The van der Waals surface area contributed by atoms with Crippen LogP contribution in [0.4, 0.5) is 18.9 Å². The zero-order chi connectivity index (χ0) is 22.7. The summed E-state index contributed by atoms with van der Waals surface area (Å²) in [6.07, 6.45) is 1.93. The van der Waals surface area contributed by atoms with Crippen molar-refractivity contribution in [2.24, 2.45) is 0 Å². The average Bonchev–Trinajstić information content (AvgIpc) is 3.47. The summed E-state index contributed by atoms with van der Waals surface area (Å²) in [5, 5.41) is 0. The van der Waals surface area contributed by atoms with Gasteiger partial charge in [0.15, 0.2) is 0 Å². The van der Waals surface area contributed by atoms with E-state index in [1.807, 2.05) is 29.4 Å². The van der Waals surface area contributed by atoms with Gasteiger partial charge in [-0.2, -0.15) is 13.2 Å². The lowest BCUT2D eigenvalue weighted by molar-refractivity contribution is -0.137. The second kappa shape index (κ2) is 8.98. The monoisotopic (exact) mass is 443 g/mol. The number of likely N-dealkylation sites (tertiary alicyclic amines) is 1. The van der Waals surface area contributed by atoms with Crippen LogP contribution < -0.4 is 9.64 Å². The summed E-state index contributed by atoms with van der Waals surface area (Å²) in [5.74, 6) is 0.550. The topological polar surface area (TPSA) is 36.0 Å². The van der Waals surface area contributed by atoms with Crippen molar-refractivity contribution < 1.29 is 22.7 Å². The molecule has 1 fully saturated rings. The first kappa shape index (κ1) is 21.8.